The first-order valence-electron chi connectivity index (χ1n) is 12.9. The van der Waals surface area contributed by atoms with Gasteiger partial charge in [0.05, 0.1) is 22.2 Å². The Balaban J connectivity index is 1.24. The summed E-state index contributed by atoms with van der Waals surface area (Å²) in [7, 11) is 0. The van der Waals surface area contributed by atoms with E-state index in [1.807, 2.05) is 11.8 Å². The van der Waals surface area contributed by atoms with Crippen LogP contribution in [-0.2, 0) is 0 Å². The molecule has 0 radical (unpaired) electrons. The van der Waals surface area contributed by atoms with Gasteiger partial charge in [-0.15, -0.1) is 0 Å². The molecule has 180 valence electrons. The zero-order chi connectivity index (χ0) is 24.2. The quantitative estimate of drug-likeness (QED) is 0.300. The van der Waals surface area contributed by atoms with E-state index in [2.05, 4.69) is 123 Å². The number of thioether (sulfide) groups is 2. The van der Waals surface area contributed by atoms with Gasteiger partial charge in [0.15, 0.2) is 6.04 Å². The van der Waals surface area contributed by atoms with Crippen molar-refractivity contribution in [3.63, 3.8) is 0 Å². The first kappa shape index (κ1) is 23.3. The van der Waals surface area contributed by atoms with Crippen LogP contribution < -0.4 is 9.38 Å². The summed E-state index contributed by atoms with van der Waals surface area (Å²) in [4.78, 5) is 5.26. The van der Waals surface area contributed by atoms with E-state index in [1.54, 1.807) is 0 Å². The minimum Gasteiger partial charge on any atom is -0.335 e. The molecule has 0 amide bonds. The SMILES string of the molecule is CCN1C(=CC=CC2=CC(=CC3C4Sc5ccccc5[N+]34CC)CC(C)(C)C2)Sc2ccccc21. The maximum absolute atomic E-state index is 2.62. The van der Waals surface area contributed by atoms with E-state index in [0.29, 0.717) is 16.8 Å². The fourth-order valence-corrected chi connectivity index (χ4v) is 9.22. The second kappa shape index (κ2) is 8.76. The Morgan fingerprint density at radius 2 is 1.80 bits per heavy atom. The monoisotopic (exact) mass is 499 g/mol. The van der Waals surface area contributed by atoms with Gasteiger partial charge < -0.3 is 4.90 Å². The third-order valence-corrected chi connectivity index (χ3v) is 10.5. The van der Waals surface area contributed by atoms with Gasteiger partial charge in [-0.3, -0.25) is 4.48 Å². The average molecular weight is 500 g/mol. The number of hydrogen-bond acceptors (Lipinski definition) is 3. The molecule has 0 bridgehead atoms. The zero-order valence-electron chi connectivity index (χ0n) is 21.2. The number of hydrogen-bond donors (Lipinski definition) is 0. The largest absolute Gasteiger partial charge is 0.335 e. The molecular weight excluding hydrogens is 464 g/mol. The van der Waals surface area contributed by atoms with Crippen LogP contribution >= 0.6 is 23.5 Å². The van der Waals surface area contributed by atoms with Crippen LogP contribution in [0, 0.1) is 5.41 Å². The van der Waals surface area contributed by atoms with Crippen molar-refractivity contribution in [2.45, 2.75) is 61.7 Å². The fourth-order valence-electron chi connectivity index (χ4n) is 6.34. The Bertz CT molecular complexity index is 1280. The molecule has 0 saturated carbocycles. The van der Waals surface area contributed by atoms with Crippen molar-refractivity contribution < 1.29 is 0 Å². The lowest BCUT2D eigenvalue weighted by atomic mass is 9.75. The van der Waals surface area contributed by atoms with Gasteiger partial charge in [-0.1, -0.05) is 68.1 Å². The molecule has 1 aliphatic carbocycles. The second-order valence-corrected chi connectivity index (χ2v) is 13.1. The summed E-state index contributed by atoms with van der Waals surface area (Å²) in [5.41, 5.74) is 6.14. The predicted molar refractivity (Wildman–Crippen MR) is 154 cm³/mol. The van der Waals surface area contributed by atoms with Crippen molar-refractivity contribution >= 4 is 34.9 Å². The van der Waals surface area contributed by atoms with Gasteiger partial charge in [0.1, 0.15) is 5.69 Å². The van der Waals surface area contributed by atoms with E-state index < -0.39 is 0 Å². The Hall–Kier alpha value is -2.14. The van der Waals surface area contributed by atoms with Crippen LogP contribution in [0.1, 0.15) is 40.5 Å². The number of allylic oxidation sites excluding steroid dienone is 6. The van der Waals surface area contributed by atoms with E-state index in [4.69, 9.17) is 0 Å². The normalized spacial score (nSPS) is 30.5. The minimum atomic E-state index is 0.294. The maximum atomic E-state index is 2.62. The topological polar surface area (TPSA) is 3.24 Å². The van der Waals surface area contributed by atoms with Gasteiger partial charge in [-0.05, 0) is 85.4 Å². The second-order valence-electron chi connectivity index (χ2n) is 10.9. The number of para-hydroxylation sites is 2. The highest BCUT2D eigenvalue weighted by atomic mass is 32.2. The van der Waals surface area contributed by atoms with Crippen molar-refractivity contribution in [3.8, 4) is 0 Å². The van der Waals surface area contributed by atoms with Crippen LogP contribution in [-0.4, -0.2) is 24.5 Å². The van der Waals surface area contributed by atoms with E-state index >= 15 is 0 Å². The van der Waals surface area contributed by atoms with Gasteiger partial charge in [0, 0.05) is 17.5 Å². The van der Waals surface area contributed by atoms with E-state index in [0.717, 1.165) is 17.4 Å². The Kier molecular flexibility index (Phi) is 5.82. The molecule has 3 unspecified atom stereocenters. The molecule has 0 aromatic heterocycles. The Morgan fingerprint density at radius 3 is 2.60 bits per heavy atom. The molecule has 6 rings (SSSR count). The highest BCUT2D eigenvalue weighted by Gasteiger charge is 2.70. The molecule has 1 fully saturated rings. The minimum absolute atomic E-state index is 0.294. The maximum Gasteiger partial charge on any atom is 0.202 e. The molecule has 0 N–H and O–H groups in total. The summed E-state index contributed by atoms with van der Waals surface area (Å²) in [6.45, 7) is 11.6. The van der Waals surface area contributed by atoms with Gasteiger partial charge in [0.2, 0.25) is 5.37 Å². The van der Waals surface area contributed by atoms with Gasteiger partial charge in [-0.25, -0.2) is 0 Å². The summed E-state index contributed by atoms with van der Waals surface area (Å²) in [5.74, 6) is 0. The summed E-state index contributed by atoms with van der Waals surface area (Å²) in [6, 6.07) is 18.4. The summed E-state index contributed by atoms with van der Waals surface area (Å²) < 4.78 is 1.14. The van der Waals surface area contributed by atoms with Gasteiger partial charge >= 0.3 is 0 Å². The third-order valence-electron chi connectivity index (χ3n) is 7.90. The molecule has 4 aliphatic rings. The van der Waals surface area contributed by atoms with Crippen molar-refractivity contribution in [2.24, 2.45) is 5.41 Å². The molecule has 4 heteroatoms. The number of rotatable bonds is 5. The lowest BCUT2D eigenvalue weighted by Crippen LogP contribution is -2.28. The standard InChI is InChI=1S/C31H35N2S2/c1-5-32-24-13-7-9-15-27(24)34-29(32)17-11-12-22-18-23(21-31(3,4)20-22)19-26-30-33(26,6-2)25-14-8-10-16-28(25)35-30/h7-19,26,30H,5-6,20-21H2,1-4H3/q+1. The van der Waals surface area contributed by atoms with E-state index in [1.165, 1.54) is 50.3 Å². The number of nitrogens with zero attached hydrogens (tertiary/aromatic N) is 2. The van der Waals surface area contributed by atoms with Crippen molar-refractivity contribution in [1.82, 2.24) is 4.48 Å². The highest BCUT2D eigenvalue weighted by Crippen LogP contribution is 2.63. The number of quaternary nitrogens is 1. The average Bonchev–Trinajstić information content (AvgIpc) is 3.13. The van der Waals surface area contributed by atoms with Crippen LogP contribution in [0.15, 0.2) is 105 Å². The van der Waals surface area contributed by atoms with Crippen LogP contribution in [0.25, 0.3) is 0 Å². The fraction of sp³-hybridized carbons (Fsp3) is 0.355. The molecular formula is C31H35N2S2+. The van der Waals surface area contributed by atoms with Crippen LogP contribution in [0.3, 0.4) is 0 Å². The van der Waals surface area contributed by atoms with Crippen LogP contribution in [0.2, 0.25) is 0 Å². The van der Waals surface area contributed by atoms with Crippen LogP contribution in [0.4, 0.5) is 11.4 Å². The lowest BCUT2D eigenvalue weighted by Gasteiger charge is -2.30. The number of fused-ring (bicyclic) bond motifs is 4. The van der Waals surface area contributed by atoms with Crippen molar-refractivity contribution in [1.29, 1.82) is 0 Å². The van der Waals surface area contributed by atoms with Gasteiger partial charge in [-0.2, -0.15) is 0 Å². The zero-order valence-corrected chi connectivity index (χ0v) is 22.8. The van der Waals surface area contributed by atoms with Crippen LogP contribution in [0.5, 0.6) is 0 Å². The summed E-state index contributed by atoms with van der Waals surface area (Å²) in [6.07, 6.45) is 14.3. The molecule has 3 aliphatic heterocycles. The molecule has 3 atom stereocenters. The predicted octanol–water partition coefficient (Wildman–Crippen LogP) is 8.53. The molecule has 35 heavy (non-hydrogen) atoms. The molecule has 2 aromatic carbocycles. The number of likely N-dealkylation sites (N-methyl/N-ethyl adjacent to an activating group) is 1. The summed E-state index contributed by atoms with van der Waals surface area (Å²) >= 11 is 3.97. The number of anilines is 1. The highest BCUT2D eigenvalue weighted by molar-refractivity contribution is 8.03. The molecule has 3 heterocycles. The summed E-state index contributed by atoms with van der Waals surface area (Å²) in [5, 5.41) is 1.98. The molecule has 2 nitrogen and oxygen atoms in total. The lowest BCUT2D eigenvalue weighted by molar-refractivity contribution is 0.354. The Labute approximate surface area is 219 Å². The first-order chi connectivity index (χ1) is 16.9. The van der Waals surface area contributed by atoms with Crippen molar-refractivity contribution in [3.05, 3.63) is 95.1 Å². The molecule has 0 spiro atoms. The number of benzene rings is 2. The van der Waals surface area contributed by atoms with Gasteiger partial charge in [0.25, 0.3) is 0 Å². The van der Waals surface area contributed by atoms with E-state index in [-0.39, 0.29) is 0 Å². The smallest absolute Gasteiger partial charge is 0.202 e. The van der Waals surface area contributed by atoms with E-state index in [9.17, 15) is 0 Å². The van der Waals surface area contributed by atoms with Crippen molar-refractivity contribution in [2.75, 3.05) is 18.0 Å². The Morgan fingerprint density at radius 1 is 1.03 bits per heavy atom. The molecule has 2 aromatic rings. The third kappa shape index (κ3) is 3.94. The first-order valence-corrected chi connectivity index (χ1v) is 14.6. The molecule has 1 saturated heterocycles.